The molecule has 2 N–H and O–H groups in total. The van der Waals surface area contributed by atoms with Crippen LogP contribution in [0.5, 0.6) is 5.75 Å². The zero-order chi connectivity index (χ0) is 19.5. The Bertz CT molecular complexity index is 992. The number of carbonyl (C=O) groups is 1. The maximum Gasteiger partial charge on any atom is 0.179 e. The van der Waals surface area contributed by atoms with E-state index in [1.807, 2.05) is 24.3 Å². The number of aromatic nitrogens is 3. The first-order chi connectivity index (χ1) is 13.7. The zero-order valence-corrected chi connectivity index (χ0v) is 16.3. The van der Waals surface area contributed by atoms with Crippen molar-refractivity contribution in [2.45, 2.75) is 19.8 Å². The van der Waals surface area contributed by atoms with Gasteiger partial charge in [0, 0.05) is 24.0 Å². The quantitative estimate of drug-likeness (QED) is 0.613. The molecule has 7 heteroatoms. The van der Waals surface area contributed by atoms with Crippen molar-refractivity contribution in [3.63, 3.8) is 0 Å². The third-order valence-electron chi connectivity index (χ3n) is 5.18. The standard InChI is InChI=1S/C21H25N5O2/c1-14(27)18-15-7-3-4-8-16(15)24-19(18)21-23-13-17(28-2)20(25-21)22-9-12-26-10-5-6-11-26/h3-4,7-8,13,24H,5-6,9-12H2,1-2H3,(H,22,23,25). The molecular formula is C21H25N5O2. The van der Waals surface area contributed by atoms with Gasteiger partial charge in [-0.3, -0.25) is 4.79 Å². The van der Waals surface area contributed by atoms with Gasteiger partial charge in [0.2, 0.25) is 0 Å². The number of likely N-dealkylation sites (tertiary alicyclic amines) is 1. The second-order valence-electron chi connectivity index (χ2n) is 7.06. The number of nitrogens with zero attached hydrogens (tertiary/aromatic N) is 3. The summed E-state index contributed by atoms with van der Waals surface area (Å²) < 4.78 is 5.42. The van der Waals surface area contributed by atoms with E-state index in [4.69, 9.17) is 4.74 Å². The summed E-state index contributed by atoms with van der Waals surface area (Å²) in [6.45, 7) is 5.63. The second kappa shape index (κ2) is 7.98. The lowest BCUT2D eigenvalue weighted by Crippen LogP contribution is -2.26. The molecule has 7 nitrogen and oxygen atoms in total. The van der Waals surface area contributed by atoms with E-state index in [0.29, 0.717) is 28.6 Å². The number of ketones is 1. The largest absolute Gasteiger partial charge is 0.491 e. The van der Waals surface area contributed by atoms with Crippen LogP contribution in [0.4, 0.5) is 5.82 Å². The molecule has 0 radical (unpaired) electrons. The van der Waals surface area contributed by atoms with Crippen LogP contribution in [-0.4, -0.2) is 58.9 Å². The second-order valence-corrected chi connectivity index (χ2v) is 7.06. The summed E-state index contributed by atoms with van der Waals surface area (Å²) in [7, 11) is 1.61. The van der Waals surface area contributed by atoms with E-state index in [1.54, 1.807) is 20.2 Å². The maximum absolute atomic E-state index is 12.3. The minimum Gasteiger partial charge on any atom is -0.491 e. The van der Waals surface area contributed by atoms with Crippen molar-refractivity contribution >= 4 is 22.5 Å². The van der Waals surface area contributed by atoms with Crippen LogP contribution in [0.25, 0.3) is 22.4 Å². The molecule has 4 rings (SSSR count). The topological polar surface area (TPSA) is 83.1 Å². The number of rotatable bonds is 7. The number of carbonyl (C=O) groups excluding carboxylic acids is 1. The van der Waals surface area contributed by atoms with Crippen molar-refractivity contribution in [1.82, 2.24) is 19.9 Å². The van der Waals surface area contributed by atoms with E-state index >= 15 is 0 Å². The molecule has 3 aromatic rings. The number of nitrogens with one attached hydrogen (secondary N) is 2. The first kappa shape index (κ1) is 18.4. The van der Waals surface area contributed by atoms with Crippen molar-refractivity contribution in [2.24, 2.45) is 0 Å². The van der Waals surface area contributed by atoms with Crippen molar-refractivity contribution in [1.29, 1.82) is 0 Å². The van der Waals surface area contributed by atoms with E-state index < -0.39 is 0 Å². The number of ether oxygens (including phenoxy) is 1. The summed E-state index contributed by atoms with van der Waals surface area (Å²) in [5, 5.41) is 4.25. The smallest absolute Gasteiger partial charge is 0.179 e. The highest BCUT2D eigenvalue weighted by Gasteiger charge is 2.20. The summed E-state index contributed by atoms with van der Waals surface area (Å²) in [6.07, 6.45) is 4.19. The van der Waals surface area contributed by atoms with Crippen LogP contribution in [0.1, 0.15) is 30.1 Å². The van der Waals surface area contributed by atoms with E-state index in [-0.39, 0.29) is 5.78 Å². The number of aromatic amines is 1. The van der Waals surface area contributed by atoms with Crippen molar-refractivity contribution < 1.29 is 9.53 Å². The lowest BCUT2D eigenvalue weighted by atomic mass is 10.1. The van der Waals surface area contributed by atoms with Gasteiger partial charge in [0.15, 0.2) is 23.2 Å². The van der Waals surface area contributed by atoms with Gasteiger partial charge in [-0.25, -0.2) is 9.97 Å². The summed E-state index contributed by atoms with van der Waals surface area (Å²) in [6, 6.07) is 7.74. The summed E-state index contributed by atoms with van der Waals surface area (Å²) in [5.41, 5.74) is 2.15. The number of hydrogen-bond acceptors (Lipinski definition) is 6. The van der Waals surface area contributed by atoms with Crippen LogP contribution in [-0.2, 0) is 0 Å². The summed E-state index contributed by atoms with van der Waals surface area (Å²) >= 11 is 0. The van der Waals surface area contributed by atoms with Crippen molar-refractivity contribution in [3.05, 3.63) is 36.0 Å². The van der Waals surface area contributed by atoms with Gasteiger partial charge in [-0.1, -0.05) is 18.2 Å². The van der Waals surface area contributed by atoms with Crippen LogP contribution in [0, 0.1) is 0 Å². The predicted molar refractivity (Wildman–Crippen MR) is 110 cm³/mol. The Hall–Kier alpha value is -2.93. The van der Waals surface area contributed by atoms with Gasteiger partial charge in [-0.05, 0) is 38.9 Å². The highest BCUT2D eigenvalue weighted by atomic mass is 16.5. The van der Waals surface area contributed by atoms with Crippen LogP contribution in [0.3, 0.4) is 0 Å². The van der Waals surface area contributed by atoms with E-state index in [1.165, 1.54) is 12.8 Å². The first-order valence-electron chi connectivity index (χ1n) is 9.66. The highest BCUT2D eigenvalue weighted by molar-refractivity contribution is 6.11. The fourth-order valence-electron chi connectivity index (χ4n) is 3.78. The molecule has 2 aromatic heterocycles. The number of hydrogen-bond donors (Lipinski definition) is 2. The lowest BCUT2D eigenvalue weighted by Gasteiger charge is -2.16. The predicted octanol–water partition coefficient (Wildman–Crippen LogP) is 3.34. The molecule has 1 aliphatic heterocycles. The van der Waals surface area contributed by atoms with Gasteiger partial charge in [-0.15, -0.1) is 0 Å². The SMILES string of the molecule is COc1cnc(-c2[nH]c3ccccc3c2C(C)=O)nc1NCCN1CCCC1. The molecule has 1 aromatic carbocycles. The molecule has 1 aliphatic rings. The van der Waals surface area contributed by atoms with Crippen LogP contribution in [0.15, 0.2) is 30.5 Å². The molecule has 0 spiro atoms. The molecule has 146 valence electrons. The Labute approximate surface area is 164 Å². The van der Waals surface area contributed by atoms with Crippen LogP contribution < -0.4 is 10.1 Å². The number of methoxy groups -OCH3 is 1. The first-order valence-corrected chi connectivity index (χ1v) is 9.66. The number of Topliss-reactive ketones (excluding diaryl/α,β-unsaturated/α-hetero) is 1. The Morgan fingerprint density at radius 1 is 1.29 bits per heavy atom. The Morgan fingerprint density at radius 2 is 2.07 bits per heavy atom. The van der Waals surface area contributed by atoms with Gasteiger partial charge in [0.05, 0.1) is 24.6 Å². The third kappa shape index (κ3) is 3.57. The Kier molecular flexibility index (Phi) is 5.25. The molecular weight excluding hydrogens is 354 g/mol. The average Bonchev–Trinajstić information content (AvgIpc) is 3.35. The Morgan fingerprint density at radius 3 is 2.82 bits per heavy atom. The Balaban J connectivity index is 1.65. The lowest BCUT2D eigenvalue weighted by molar-refractivity contribution is 0.102. The molecule has 0 atom stereocenters. The van der Waals surface area contributed by atoms with E-state index in [2.05, 4.69) is 25.2 Å². The maximum atomic E-state index is 12.3. The number of benzene rings is 1. The number of para-hydroxylation sites is 1. The molecule has 0 amide bonds. The normalized spacial score (nSPS) is 14.5. The summed E-state index contributed by atoms with van der Waals surface area (Å²) in [5.74, 6) is 1.69. The van der Waals surface area contributed by atoms with Crippen LogP contribution in [0.2, 0.25) is 0 Å². The number of H-pyrrole nitrogens is 1. The zero-order valence-electron chi connectivity index (χ0n) is 16.3. The average molecular weight is 379 g/mol. The molecule has 1 fully saturated rings. The van der Waals surface area contributed by atoms with Gasteiger partial charge < -0.3 is 19.9 Å². The third-order valence-corrected chi connectivity index (χ3v) is 5.18. The number of anilines is 1. The molecule has 28 heavy (non-hydrogen) atoms. The molecule has 3 heterocycles. The van der Waals surface area contributed by atoms with E-state index in [0.717, 1.165) is 37.1 Å². The van der Waals surface area contributed by atoms with Gasteiger partial charge in [0.25, 0.3) is 0 Å². The van der Waals surface area contributed by atoms with Gasteiger partial charge in [0.1, 0.15) is 0 Å². The molecule has 0 saturated carbocycles. The van der Waals surface area contributed by atoms with Gasteiger partial charge in [-0.2, -0.15) is 0 Å². The fourth-order valence-corrected chi connectivity index (χ4v) is 3.78. The minimum absolute atomic E-state index is 0.0181. The molecule has 1 saturated heterocycles. The van der Waals surface area contributed by atoms with Crippen molar-refractivity contribution in [3.8, 4) is 17.3 Å². The van der Waals surface area contributed by atoms with Crippen LogP contribution >= 0.6 is 0 Å². The molecule has 0 unspecified atom stereocenters. The van der Waals surface area contributed by atoms with Crippen molar-refractivity contribution in [2.75, 3.05) is 38.6 Å². The summed E-state index contributed by atoms with van der Waals surface area (Å²) in [4.78, 5) is 27.2. The molecule has 0 bridgehead atoms. The monoisotopic (exact) mass is 379 g/mol. The van der Waals surface area contributed by atoms with Gasteiger partial charge >= 0.3 is 0 Å². The van der Waals surface area contributed by atoms with E-state index in [9.17, 15) is 4.79 Å². The minimum atomic E-state index is -0.0181. The number of fused-ring (bicyclic) bond motifs is 1. The molecule has 0 aliphatic carbocycles. The fraction of sp³-hybridized carbons (Fsp3) is 0.381. The highest BCUT2D eigenvalue weighted by Crippen LogP contribution is 2.31.